The highest BCUT2D eigenvalue weighted by Crippen LogP contribution is 2.48. The van der Waals surface area contributed by atoms with Crippen molar-refractivity contribution in [3.8, 4) is 22.7 Å². The summed E-state index contributed by atoms with van der Waals surface area (Å²) in [5, 5.41) is 5.02. The topological polar surface area (TPSA) is 67.7 Å². The van der Waals surface area contributed by atoms with Crippen LogP contribution in [0.4, 0.5) is 5.82 Å². The molecule has 1 aromatic heterocycles. The van der Waals surface area contributed by atoms with Crippen molar-refractivity contribution >= 4 is 29.4 Å². The standard InChI is InChI=1S/C32H32N4O3S/c1-22-9-8-12-24(19-22)31-29-30(23-10-4-3-5-11-23)33-36(25-13-15-26(39-2)16-14-25)32(29)35(28(38)21-40-31)20-27(37)34-17-6-7-18-34/h3-5,8-16,19,31H,6-7,17-18,20-21H2,1-2H3. The lowest BCUT2D eigenvalue weighted by Crippen LogP contribution is -2.43. The number of carbonyl (C=O) groups excluding carboxylic acids is 2. The summed E-state index contributed by atoms with van der Waals surface area (Å²) in [5.41, 5.74) is 5.76. The average molecular weight is 553 g/mol. The molecule has 1 atom stereocenters. The Hall–Kier alpha value is -4.04. The van der Waals surface area contributed by atoms with Crippen LogP contribution >= 0.6 is 11.8 Å². The van der Waals surface area contributed by atoms with Crippen LogP contribution in [0.5, 0.6) is 5.75 Å². The molecule has 1 fully saturated rings. The molecular weight excluding hydrogens is 520 g/mol. The molecule has 4 aromatic rings. The zero-order valence-corrected chi connectivity index (χ0v) is 23.6. The van der Waals surface area contributed by atoms with Crippen LogP contribution in [0, 0.1) is 6.92 Å². The van der Waals surface area contributed by atoms with E-state index >= 15 is 0 Å². The summed E-state index contributed by atoms with van der Waals surface area (Å²) in [6, 6.07) is 26.2. The fraction of sp³-hybridized carbons (Fsp3) is 0.281. The molecule has 0 bridgehead atoms. The lowest BCUT2D eigenvalue weighted by molar-refractivity contribution is -0.130. The Morgan fingerprint density at radius 1 is 1.00 bits per heavy atom. The Morgan fingerprint density at radius 2 is 1.75 bits per heavy atom. The molecule has 6 rings (SSSR count). The molecule has 0 aliphatic carbocycles. The maximum Gasteiger partial charge on any atom is 0.242 e. The van der Waals surface area contributed by atoms with Gasteiger partial charge in [-0.2, -0.15) is 5.10 Å². The van der Waals surface area contributed by atoms with Gasteiger partial charge in [0.15, 0.2) is 0 Å². The number of benzene rings is 3. The van der Waals surface area contributed by atoms with Crippen LogP contribution in [-0.2, 0) is 9.59 Å². The van der Waals surface area contributed by atoms with E-state index in [0.717, 1.165) is 65.3 Å². The number of rotatable bonds is 6. The predicted molar refractivity (Wildman–Crippen MR) is 159 cm³/mol. The normalized spacial score (nSPS) is 17.1. The molecule has 2 amide bonds. The summed E-state index contributed by atoms with van der Waals surface area (Å²) in [5.74, 6) is 1.52. The van der Waals surface area contributed by atoms with E-state index in [-0.39, 0.29) is 29.4 Å². The van der Waals surface area contributed by atoms with Gasteiger partial charge in [0.05, 0.1) is 29.5 Å². The second-order valence-corrected chi connectivity index (χ2v) is 11.3. The highest BCUT2D eigenvalue weighted by Gasteiger charge is 2.38. The summed E-state index contributed by atoms with van der Waals surface area (Å²) in [6.07, 6.45) is 2.00. The van der Waals surface area contributed by atoms with Gasteiger partial charge in [-0.3, -0.25) is 14.5 Å². The number of nitrogens with zero attached hydrogens (tertiary/aromatic N) is 4. The van der Waals surface area contributed by atoms with Crippen LogP contribution in [0.3, 0.4) is 0 Å². The molecule has 7 nitrogen and oxygen atoms in total. The number of methoxy groups -OCH3 is 1. The van der Waals surface area contributed by atoms with E-state index in [1.807, 2.05) is 64.2 Å². The molecule has 0 spiro atoms. The van der Waals surface area contributed by atoms with E-state index in [0.29, 0.717) is 5.82 Å². The van der Waals surface area contributed by atoms with Crippen LogP contribution in [-0.4, -0.2) is 59.0 Å². The van der Waals surface area contributed by atoms with Crippen molar-refractivity contribution in [1.82, 2.24) is 14.7 Å². The average Bonchev–Trinajstić information content (AvgIpc) is 3.63. The van der Waals surface area contributed by atoms with Gasteiger partial charge in [-0.05, 0) is 49.6 Å². The van der Waals surface area contributed by atoms with Crippen molar-refractivity contribution in [2.75, 3.05) is 37.4 Å². The maximum atomic E-state index is 13.9. The largest absolute Gasteiger partial charge is 0.497 e. The van der Waals surface area contributed by atoms with Crippen molar-refractivity contribution in [3.05, 3.63) is 95.6 Å². The minimum absolute atomic E-state index is 0.0109. The van der Waals surface area contributed by atoms with Crippen LogP contribution in [0.25, 0.3) is 16.9 Å². The van der Waals surface area contributed by atoms with Gasteiger partial charge in [0.25, 0.3) is 0 Å². The number of hydrogen-bond donors (Lipinski definition) is 0. The van der Waals surface area contributed by atoms with Gasteiger partial charge in [0, 0.05) is 24.2 Å². The Labute approximate surface area is 238 Å². The second-order valence-electron chi connectivity index (χ2n) is 10.2. The Balaban J connectivity index is 1.60. The molecule has 2 aliphatic rings. The van der Waals surface area contributed by atoms with Gasteiger partial charge in [-0.25, -0.2) is 4.68 Å². The molecule has 40 heavy (non-hydrogen) atoms. The van der Waals surface area contributed by atoms with Gasteiger partial charge >= 0.3 is 0 Å². The van der Waals surface area contributed by atoms with Crippen molar-refractivity contribution in [1.29, 1.82) is 0 Å². The number of thioether (sulfide) groups is 1. The van der Waals surface area contributed by atoms with Gasteiger partial charge < -0.3 is 9.64 Å². The van der Waals surface area contributed by atoms with Gasteiger partial charge in [-0.1, -0.05) is 60.2 Å². The zero-order valence-electron chi connectivity index (χ0n) is 22.7. The maximum absolute atomic E-state index is 13.9. The highest BCUT2D eigenvalue weighted by atomic mass is 32.2. The van der Waals surface area contributed by atoms with Gasteiger partial charge in [0.2, 0.25) is 11.8 Å². The van der Waals surface area contributed by atoms with Gasteiger partial charge in [-0.15, -0.1) is 11.8 Å². The predicted octanol–water partition coefficient (Wildman–Crippen LogP) is 5.65. The Morgan fingerprint density at radius 3 is 2.45 bits per heavy atom. The summed E-state index contributed by atoms with van der Waals surface area (Å²) < 4.78 is 7.23. The minimum Gasteiger partial charge on any atom is -0.497 e. The summed E-state index contributed by atoms with van der Waals surface area (Å²) >= 11 is 1.59. The number of hydrogen-bond acceptors (Lipinski definition) is 5. The third-order valence-corrected chi connectivity index (χ3v) is 8.81. The lowest BCUT2D eigenvalue weighted by atomic mass is 9.98. The number of fused-ring (bicyclic) bond motifs is 1. The first-order valence-electron chi connectivity index (χ1n) is 13.6. The van der Waals surface area contributed by atoms with E-state index in [1.54, 1.807) is 23.8 Å². The fourth-order valence-electron chi connectivity index (χ4n) is 5.53. The van der Waals surface area contributed by atoms with E-state index < -0.39 is 0 Å². The first-order valence-corrected chi connectivity index (χ1v) is 14.7. The van der Waals surface area contributed by atoms with E-state index in [4.69, 9.17) is 9.84 Å². The molecule has 1 unspecified atom stereocenters. The molecule has 0 N–H and O–H groups in total. The first-order chi connectivity index (χ1) is 19.5. The number of likely N-dealkylation sites (tertiary alicyclic amines) is 1. The highest BCUT2D eigenvalue weighted by molar-refractivity contribution is 8.00. The molecule has 3 heterocycles. The summed E-state index contributed by atoms with van der Waals surface area (Å²) in [4.78, 5) is 30.9. The quantitative estimate of drug-likeness (QED) is 0.309. The second kappa shape index (κ2) is 11.2. The number of ether oxygens (including phenoxy) is 1. The zero-order chi connectivity index (χ0) is 27.6. The molecule has 2 aliphatic heterocycles. The number of aromatic nitrogens is 2. The van der Waals surface area contributed by atoms with E-state index in [9.17, 15) is 9.59 Å². The first kappa shape index (κ1) is 26.2. The number of anilines is 1. The molecular formula is C32H32N4O3S. The number of amides is 2. The third kappa shape index (κ3) is 4.99. The summed E-state index contributed by atoms with van der Waals surface area (Å²) in [6.45, 7) is 3.54. The Bertz CT molecular complexity index is 1530. The molecule has 3 aromatic carbocycles. The van der Waals surface area contributed by atoms with Crippen LogP contribution in [0.2, 0.25) is 0 Å². The van der Waals surface area contributed by atoms with Crippen LogP contribution in [0.1, 0.15) is 34.8 Å². The monoisotopic (exact) mass is 552 g/mol. The Kier molecular flexibility index (Phi) is 7.34. The number of carbonyl (C=O) groups is 2. The van der Waals surface area contributed by atoms with Crippen molar-refractivity contribution in [2.24, 2.45) is 0 Å². The molecule has 0 radical (unpaired) electrons. The summed E-state index contributed by atoms with van der Waals surface area (Å²) in [7, 11) is 1.64. The van der Waals surface area contributed by atoms with Crippen molar-refractivity contribution in [3.63, 3.8) is 0 Å². The molecule has 1 saturated heterocycles. The van der Waals surface area contributed by atoms with Crippen LogP contribution < -0.4 is 9.64 Å². The molecule has 204 valence electrons. The van der Waals surface area contributed by atoms with Crippen LogP contribution in [0.15, 0.2) is 78.9 Å². The number of aryl methyl sites for hydroxylation is 1. The minimum atomic E-state index is -0.145. The van der Waals surface area contributed by atoms with Gasteiger partial charge in [0.1, 0.15) is 18.1 Å². The molecule has 0 saturated carbocycles. The fourth-order valence-corrected chi connectivity index (χ4v) is 6.72. The lowest BCUT2D eigenvalue weighted by Gasteiger charge is -2.25. The molecule has 8 heteroatoms. The van der Waals surface area contributed by atoms with E-state index in [2.05, 4.69) is 31.2 Å². The van der Waals surface area contributed by atoms with E-state index in [1.165, 1.54) is 0 Å². The SMILES string of the molecule is COc1ccc(-n2nc(-c3ccccc3)c3c2N(CC(=O)N2CCCC2)C(=O)CSC3c2cccc(C)c2)cc1. The third-order valence-electron chi connectivity index (χ3n) is 7.55. The van der Waals surface area contributed by atoms with Crippen molar-refractivity contribution < 1.29 is 14.3 Å². The van der Waals surface area contributed by atoms with Crippen molar-refractivity contribution in [2.45, 2.75) is 25.0 Å². The smallest absolute Gasteiger partial charge is 0.242 e.